The van der Waals surface area contributed by atoms with Gasteiger partial charge in [-0.25, -0.2) is 4.79 Å². The molecule has 0 saturated carbocycles. The van der Waals surface area contributed by atoms with Crippen molar-refractivity contribution >= 4 is 45.5 Å². The molecule has 1 aromatic rings. The van der Waals surface area contributed by atoms with Crippen LogP contribution in [-0.4, -0.2) is 12.1 Å². The molecule has 1 atom stereocenters. The third-order valence-corrected chi connectivity index (χ3v) is 5.15. The van der Waals surface area contributed by atoms with Crippen LogP contribution in [0.4, 0.5) is 5.69 Å². The second-order valence-electron chi connectivity index (χ2n) is 8.07. The van der Waals surface area contributed by atoms with E-state index in [-0.39, 0.29) is 23.4 Å². The number of nitrogens with one attached hydrogen (secondary N) is 1. The molecule has 0 aliphatic rings. The molecule has 0 bridgehead atoms. The summed E-state index contributed by atoms with van der Waals surface area (Å²) < 4.78 is 20.8. The normalized spacial score (nSPS) is 14.7. The topological polar surface area (TPSA) is 81.4 Å². The number of nitrogens with two attached hydrogens (primary N) is 1. The third-order valence-electron chi connectivity index (χ3n) is 3.93. The van der Waals surface area contributed by atoms with Gasteiger partial charge in [-0.2, -0.15) is 0 Å². The number of allylic oxidation sites excluding steroid dienone is 1. The minimum Gasteiger partial charge on any atom is -0.461 e. The van der Waals surface area contributed by atoms with E-state index in [4.69, 9.17) is 10.5 Å². The summed E-state index contributed by atoms with van der Waals surface area (Å²) in [6.45, 7) is 11.7. The molecule has 0 heterocycles. The zero-order valence-corrected chi connectivity index (χ0v) is 19.3. The largest absolute Gasteiger partial charge is 0.589 e. The smallest absolute Gasteiger partial charge is 0.461 e. The minimum atomic E-state index is -1.27. The van der Waals surface area contributed by atoms with Crippen molar-refractivity contribution in [2.75, 3.05) is 5.73 Å². The van der Waals surface area contributed by atoms with E-state index >= 15 is 0 Å². The Morgan fingerprint density at radius 3 is 2.48 bits per heavy atom. The number of nitrogen functional groups attached to an aromatic ring is 1. The molecule has 3 N–H and O–H groups in total. The summed E-state index contributed by atoms with van der Waals surface area (Å²) in [5.74, 6) is -0.468. The van der Waals surface area contributed by atoms with E-state index in [2.05, 4.69) is 20.7 Å². The number of carbonyl (C=O) groups is 1. The van der Waals surface area contributed by atoms with Crippen LogP contribution in [0.2, 0.25) is 0 Å². The molecule has 27 heavy (non-hydrogen) atoms. The van der Waals surface area contributed by atoms with Crippen molar-refractivity contribution in [1.29, 1.82) is 0 Å². The highest BCUT2D eigenvalue weighted by atomic mass is 79.9. The number of ether oxygens (including phenoxy) is 1. The van der Waals surface area contributed by atoms with Gasteiger partial charge in [0.05, 0.1) is 10.3 Å². The van der Waals surface area contributed by atoms with Gasteiger partial charge in [-0.05, 0) is 70.6 Å². The highest BCUT2D eigenvalue weighted by Crippen LogP contribution is 2.38. The van der Waals surface area contributed by atoms with Crippen LogP contribution in [0.3, 0.4) is 0 Å². The van der Waals surface area contributed by atoms with Gasteiger partial charge in [0, 0.05) is 5.69 Å². The van der Waals surface area contributed by atoms with Crippen LogP contribution in [0.5, 0.6) is 0 Å². The Hall–Kier alpha value is -1.31. The van der Waals surface area contributed by atoms with Gasteiger partial charge >= 0.3 is 17.8 Å². The summed E-state index contributed by atoms with van der Waals surface area (Å²) in [5.41, 5.74) is 6.66. The SMILES string of the molecule is CC/C(Br)=C\c1cc([C@@](CC(C)(C)C)(N[S+]=O)C(=O)OC(C)C)ccc1N. The first kappa shape index (κ1) is 23.7. The second-order valence-corrected chi connectivity index (χ2v) is 9.46. The molecule has 0 fully saturated rings. The molecule has 0 unspecified atom stereocenters. The lowest BCUT2D eigenvalue weighted by atomic mass is 9.76. The maximum Gasteiger partial charge on any atom is 0.589 e. The van der Waals surface area contributed by atoms with Crippen LogP contribution in [0, 0.1) is 5.41 Å². The van der Waals surface area contributed by atoms with Crippen LogP contribution >= 0.6 is 15.9 Å². The predicted octanol–water partition coefficient (Wildman–Crippen LogP) is 4.93. The summed E-state index contributed by atoms with van der Waals surface area (Å²) in [7, 11) is 0. The summed E-state index contributed by atoms with van der Waals surface area (Å²) in [6, 6.07) is 5.39. The predicted molar refractivity (Wildman–Crippen MR) is 116 cm³/mol. The summed E-state index contributed by atoms with van der Waals surface area (Å²) in [5, 5.41) is 0. The fraction of sp³-hybridized carbons (Fsp3) is 0.550. The lowest BCUT2D eigenvalue weighted by Crippen LogP contribution is -2.51. The van der Waals surface area contributed by atoms with Crippen molar-refractivity contribution in [2.24, 2.45) is 5.41 Å². The third kappa shape index (κ3) is 6.66. The van der Waals surface area contributed by atoms with Crippen molar-refractivity contribution in [3.63, 3.8) is 0 Å². The van der Waals surface area contributed by atoms with E-state index < -0.39 is 11.5 Å². The number of hydrogen-bond donors (Lipinski definition) is 2. The van der Waals surface area contributed by atoms with Gasteiger partial charge in [-0.1, -0.05) is 49.7 Å². The molecule has 1 aromatic carbocycles. The lowest BCUT2D eigenvalue weighted by Gasteiger charge is -2.33. The fourth-order valence-corrected chi connectivity index (χ4v) is 3.51. The summed E-state index contributed by atoms with van der Waals surface area (Å²) >= 11 is 3.68. The van der Waals surface area contributed by atoms with Crippen LogP contribution in [-0.2, 0) is 31.1 Å². The van der Waals surface area contributed by atoms with Gasteiger partial charge in [-0.15, -0.1) is 0 Å². The molecular weight excluding hydrogens is 428 g/mol. The van der Waals surface area contributed by atoms with E-state index in [0.717, 1.165) is 16.5 Å². The monoisotopic (exact) mass is 457 g/mol. The quantitative estimate of drug-likeness (QED) is 0.251. The van der Waals surface area contributed by atoms with Crippen LogP contribution in [0.25, 0.3) is 6.08 Å². The van der Waals surface area contributed by atoms with Crippen LogP contribution < -0.4 is 10.5 Å². The molecular formula is C20H30BrN2O3S+. The number of anilines is 1. The van der Waals surface area contributed by atoms with Gasteiger partial charge in [0.15, 0.2) is 5.54 Å². The Labute approximate surface area is 174 Å². The first-order valence-corrected chi connectivity index (χ1v) is 10.5. The van der Waals surface area contributed by atoms with Crippen LogP contribution in [0.1, 0.15) is 65.5 Å². The fourth-order valence-electron chi connectivity index (χ4n) is 2.85. The van der Waals surface area contributed by atoms with E-state index in [0.29, 0.717) is 17.7 Å². The molecule has 0 aliphatic carbocycles. The molecule has 0 amide bonds. The molecule has 7 heteroatoms. The number of hydrogen-bond acceptors (Lipinski definition) is 4. The standard InChI is InChI=1S/C20H30BrN2O3S/c1-7-16(21)11-14-10-15(8-9-17(14)22)20(23-27-25,12-19(4,5)6)18(24)26-13(2)3/h8-11,13H,7,12,22H2,1-6H3,(H,23,25)/q+1/b16-11+/t20-/m1/s1. The Kier molecular flexibility index (Phi) is 8.57. The number of benzene rings is 1. The van der Waals surface area contributed by atoms with E-state index in [1.54, 1.807) is 26.0 Å². The Morgan fingerprint density at radius 1 is 1.37 bits per heavy atom. The highest BCUT2D eigenvalue weighted by Gasteiger charge is 2.49. The summed E-state index contributed by atoms with van der Waals surface area (Å²) in [4.78, 5) is 13.1. The highest BCUT2D eigenvalue weighted by molar-refractivity contribution is 9.11. The summed E-state index contributed by atoms with van der Waals surface area (Å²) in [6.07, 6.45) is 2.85. The van der Waals surface area contributed by atoms with Crippen LogP contribution in [0.15, 0.2) is 22.7 Å². The maximum atomic E-state index is 13.1. The molecule has 0 aromatic heterocycles. The van der Waals surface area contributed by atoms with Crippen molar-refractivity contribution in [3.05, 3.63) is 33.8 Å². The average Bonchev–Trinajstić information content (AvgIpc) is 2.54. The number of esters is 1. The van der Waals surface area contributed by atoms with Gasteiger partial charge in [-0.3, -0.25) is 0 Å². The Bertz CT molecular complexity index is 714. The Balaban J connectivity index is 3.64. The molecule has 0 radical (unpaired) electrons. The number of rotatable bonds is 8. The van der Waals surface area contributed by atoms with Crippen molar-refractivity contribution < 1.29 is 13.7 Å². The number of halogens is 1. The van der Waals surface area contributed by atoms with Gasteiger partial charge in [0.1, 0.15) is 0 Å². The van der Waals surface area contributed by atoms with E-state index in [9.17, 15) is 9.00 Å². The Morgan fingerprint density at radius 2 is 2.00 bits per heavy atom. The molecule has 5 nitrogen and oxygen atoms in total. The first-order valence-electron chi connectivity index (χ1n) is 8.98. The number of carbonyl (C=O) groups excluding carboxylic acids is 1. The molecule has 0 saturated heterocycles. The maximum absolute atomic E-state index is 13.1. The van der Waals surface area contributed by atoms with E-state index in [1.807, 2.05) is 39.8 Å². The average molecular weight is 458 g/mol. The molecule has 0 spiro atoms. The molecule has 0 aliphatic heterocycles. The van der Waals surface area contributed by atoms with Gasteiger partial charge in [0.2, 0.25) is 0 Å². The second kappa shape index (κ2) is 9.75. The van der Waals surface area contributed by atoms with Crippen molar-refractivity contribution in [2.45, 2.75) is 66.0 Å². The molecule has 1 rings (SSSR count). The lowest BCUT2D eigenvalue weighted by molar-refractivity contribution is -0.156. The minimum absolute atomic E-state index is 0.171. The zero-order valence-electron chi connectivity index (χ0n) is 16.9. The van der Waals surface area contributed by atoms with Crippen molar-refractivity contribution in [1.82, 2.24) is 4.72 Å². The van der Waals surface area contributed by atoms with Gasteiger partial charge in [0.25, 0.3) is 0 Å². The first-order chi connectivity index (χ1) is 12.4. The van der Waals surface area contributed by atoms with Crippen molar-refractivity contribution in [3.8, 4) is 0 Å². The zero-order chi connectivity index (χ0) is 20.8. The van der Waals surface area contributed by atoms with E-state index in [1.165, 1.54) is 0 Å². The molecule has 150 valence electrons. The van der Waals surface area contributed by atoms with Gasteiger partial charge < -0.3 is 10.5 Å².